The minimum Gasteiger partial charge on any atom is -0.324 e. The molecular weight excluding hydrogens is 321 g/mol. The molecule has 1 aliphatic rings. The predicted molar refractivity (Wildman–Crippen MR) is 75.0 cm³/mol. The van der Waals surface area contributed by atoms with Gasteiger partial charge < -0.3 is 5.32 Å². The quantitative estimate of drug-likeness (QED) is 0.669. The summed E-state index contributed by atoms with van der Waals surface area (Å²) in [5.41, 5.74) is 0.355. The molecule has 1 N–H and O–H groups in total. The molecule has 21 heavy (non-hydrogen) atoms. The second-order valence-corrected chi connectivity index (χ2v) is 5.03. The summed E-state index contributed by atoms with van der Waals surface area (Å²) >= 11 is 11.5. The summed E-state index contributed by atoms with van der Waals surface area (Å²) in [5.74, 6) is -2.65. The van der Waals surface area contributed by atoms with E-state index in [2.05, 4.69) is 5.32 Å². The van der Waals surface area contributed by atoms with Gasteiger partial charge in [0, 0.05) is 12.7 Å². The monoisotopic (exact) mass is 329 g/mol. The summed E-state index contributed by atoms with van der Waals surface area (Å²) in [6.45, 7) is -0.562. The van der Waals surface area contributed by atoms with Gasteiger partial charge in [0.15, 0.2) is 0 Å². The third-order valence-electron chi connectivity index (χ3n) is 2.76. The van der Waals surface area contributed by atoms with Crippen LogP contribution in [0.2, 0.25) is 10.0 Å². The van der Waals surface area contributed by atoms with E-state index in [4.69, 9.17) is 23.2 Å². The highest BCUT2D eigenvalue weighted by Crippen LogP contribution is 2.25. The third-order valence-corrected chi connectivity index (χ3v) is 3.49. The van der Waals surface area contributed by atoms with Crippen molar-refractivity contribution < 1.29 is 19.2 Å². The minimum absolute atomic E-state index is 0.248. The highest BCUT2D eigenvalue weighted by atomic mass is 35.5. The Morgan fingerprint density at radius 1 is 1.14 bits per heavy atom. The molecule has 0 radical (unpaired) electrons. The number of carbonyl (C=O) groups is 4. The number of imide groups is 2. The average molecular weight is 330 g/mol. The van der Waals surface area contributed by atoms with Gasteiger partial charge in [-0.15, -0.1) is 0 Å². The van der Waals surface area contributed by atoms with Crippen LogP contribution in [0.5, 0.6) is 0 Å². The van der Waals surface area contributed by atoms with Crippen molar-refractivity contribution >= 4 is 52.6 Å². The smallest absolute Gasteiger partial charge is 0.324 e. The molecule has 1 aliphatic heterocycles. The van der Waals surface area contributed by atoms with Gasteiger partial charge in [-0.2, -0.15) is 0 Å². The number of hydrogen-bond donors (Lipinski definition) is 1. The van der Waals surface area contributed by atoms with Crippen LogP contribution >= 0.6 is 23.2 Å². The zero-order valence-corrected chi connectivity index (χ0v) is 12.2. The van der Waals surface area contributed by atoms with Crippen molar-refractivity contribution in [2.45, 2.75) is 0 Å². The first kappa shape index (κ1) is 15.3. The molecule has 1 aromatic rings. The van der Waals surface area contributed by atoms with Gasteiger partial charge in [-0.3, -0.25) is 19.3 Å². The summed E-state index contributed by atoms with van der Waals surface area (Å²) in [6, 6.07) is 3.58. The topological polar surface area (TPSA) is 86.8 Å². The van der Waals surface area contributed by atoms with Crippen LogP contribution in [0.3, 0.4) is 0 Å². The van der Waals surface area contributed by atoms with E-state index in [9.17, 15) is 19.2 Å². The fraction of sp³-hybridized carbons (Fsp3) is 0.167. The number of nitrogens with zero attached hydrogens (tertiary/aromatic N) is 2. The van der Waals surface area contributed by atoms with Crippen LogP contribution in [0.15, 0.2) is 18.2 Å². The highest BCUT2D eigenvalue weighted by molar-refractivity contribution is 6.45. The number of amides is 5. The molecule has 1 fully saturated rings. The summed E-state index contributed by atoms with van der Waals surface area (Å²) in [7, 11) is 1.17. The second kappa shape index (κ2) is 5.71. The first-order valence-corrected chi connectivity index (χ1v) is 6.45. The Hall–Kier alpha value is -2.12. The lowest BCUT2D eigenvalue weighted by molar-refractivity contribution is -0.143. The number of anilines is 1. The lowest BCUT2D eigenvalue weighted by atomic mass is 10.3. The molecule has 0 bridgehead atoms. The SMILES string of the molecule is CN1C(=O)C(=O)N(CC(=O)Nc2ccc(Cl)c(Cl)c2)C1=O. The van der Waals surface area contributed by atoms with Crippen molar-refractivity contribution in [2.24, 2.45) is 0 Å². The number of hydrogen-bond acceptors (Lipinski definition) is 4. The number of likely N-dealkylation sites (N-methyl/N-ethyl adjacent to an activating group) is 1. The zero-order valence-electron chi connectivity index (χ0n) is 10.7. The normalized spacial score (nSPS) is 14.9. The van der Waals surface area contributed by atoms with Crippen LogP contribution in [-0.2, 0) is 14.4 Å². The first-order chi connectivity index (χ1) is 9.81. The Kier molecular flexibility index (Phi) is 4.15. The number of rotatable bonds is 3. The maximum Gasteiger partial charge on any atom is 0.334 e. The van der Waals surface area contributed by atoms with Gasteiger partial charge in [-0.1, -0.05) is 23.2 Å². The average Bonchev–Trinajstić information content (AvgIpc) is 2.61. The molecule has 0 aliphatic carbocycles. The summed E-state index contributed by atoms with van der Waals surface area (Å²) in [5, 5.41) is 3.02. The summed E-state index contributed by atoms with van der Waals surface area (Å²) in [6.07, 6.45) is 0. The van der Waals surface area contributed by atoms with Crippen molar-refractivity contribution in [3.63, 3.8) is 0 Å². The lowest BCUT2D eigenvalue weighted by Crippen LogP contribution is -2.38. The molecule has 0 spiro atoms. The molecule has 0 unspecified atom stereocenters. The van der Waals surface area contributed by atoms with Crippen LogP contribution in [0.4, 0.5) is 10.5 Å². The highest BCUT2D eigenvalue weighted by Gasteiger charge is 2.42. The fourth-order valence-electron chi connectivity index (χ4n) is 1.67. The molecule has 7 nitrogen and oxygen atoms in total. The minimum atomic E-state index is -1.04. The molecule has 2 rings (SSSR count). The number of nitrogens with one attached hydrogen (secondary N) is 1. The van der Waals surface area contributed by atoms with Crippen LogP contribution < -0.4 is 5.32 Å². The van der Waals surface area contributed by atoms with Gasteiger partial charge in [0.25, 0.3) is 0 Å². The van der Waals surface area contributed by atoms with Crippen LogP contribution in [0.25, 0.3) is 0 Å². The predicted octanol–water partition coefficient (Wildman–Crippen LogP) is 1.35. The van der Waals surface area contributed by atoms with Crippen molar-refractivity contribution in [3.8, 4) is 0 Å². The Morgan fingerprint density at radius 2 is 1.81 bits per heavy atom. The van der Waals surface area contributed by atoms with Gasteiger partial charge >= 0.3 is 17.8 Å². The second-order valence-electron chi connectivity index (χ2n) is 4.22. The number of carbonyl (C=O) groups excluding carboxylic acids is 4. The van der Waals surface area contributed by atoms with E-state index in [0.29, 0.717) is 20.5 Å². The molecule has 0 atom stereocenters. The molecule has 110 valence electrons. The van der Waals surface area contributed by atoms with E-state index in [1.54, 1.807) is 0 Å². The number of benzene rings is 1. The maximum atomic E-state index is 11.8. The van der Waals surface area contributed by atoms with Gasteiger partial charge in [0.1, 0.15) is 6.54 Å². The molecule has 1 aromatic carbocycles. The van der Waals surface area contributed by atoms with E-state index in [1.165, 1.54) is 25.2 Å². The first-order valence-electron chi connectivity index (χ1n) is 5.69. The van der Waals surface area contributed by atoms with Crippen molar-refractivity contribution in [2.75, 3.05) is 18.9 Å². The standard InChI is InChI=1S/C12H9Cl2N3O4/c1-16-10(19)11(20)17(12(16)21)5-9(18)15-6-2-3-7(13)8(14)4-6/h2-4H,5H2,1H3,(H,15,18). The summed E-state index contributed by atoms with van der Waals surface area (Å²) in [4.78, 5) is 47.4. The zero-order chi connectivity index (χ0) is 15.7. The van der Waals surface area contributed by atoms with E-state index in [-0.39, 0.29) is 5.02 Å². The third kappa shape index (κ3) is 2.98. The molecular formula is C12H9Cl2N3O4. The number of urea groups is 1. The van der Waals surface area contributed by atoms with E-state index in [0.717, 1.165) is 0 Å². The van der Waals surface area contributed by atoms with Gasteiger partial charge in [0.2, 0.25) is 5.91 Å². The van der Waals surface area contributed by atoms with E-state index < -0.39 is 30.3 Å². The van der Waals surface area contributed by atoms with Gasteiger partial charge in [0.05, 0.1) is 10.0 Å². The van der Waals surface area contributed by atoms with Gasteiger partial charge in [-0.25, -0.2) is 9.69 Å². The Bertz CT molecular complexity index is 662. The molecule has 9 heteroatoms. The van der Waals surface area contributed by atoms with E-state index >= 15 is 0 Å². The molecule has 1 saturated heterocycles. The summed E-state index contributed by atoms with van der Waals surface area (Å²) < 4.78 is 0. The van der Waals surface area contributed by atoms with E-state index in [1.807, 2.05) is 0 Å². The van der Waals surface area contributed by atoms with Gasteiger partial charge in [-0.05, 0) is 18.2 Å². The van der Waals surface area contributed by atoms with Crippen LogP contribution in [0.1, 0.15) is 0 Å². The fourth-order valence-corrected chi connectivity index (χ4v) is 1.97. The Balaban J connectivity index is 2.05. The maximum absolute atomic E-state index is 11.8. The van der Waals surface area contributed by atoms with Crippen molar-refractivity contribution in [3.05, 3.63) is 28.2 Å². The van der Waals surface area contributed by atoms with Crippen LogP contribution in [-0.4, -0.2) is 47.1 Å². The molecule has 0 aromatic heterocycles. The molecule has 0 saturated carbocycles. The lowest BCUT2D eigenvalue weighted by Gasteiger charge is -2.13. The van der Waals surface area contributed by atoms with Crippen LogP contribution in [0, 0.1) is 0 Å². The Morgan fingerprint density at radius 3 is 2.33 bits per heavy atom. The molecule has 5 amide bonds. The Labute approximate surface area is 129 Å². The largest absolute Gasteiger partial charge is 0.334 e. The van der Waals surface area contributed by atoms with Crippen molar-refractivity contribution in [1.29, 1.82) is 0 Å². The number of halogens is 2. The van der Waals surface area contributed by atoms with Crippen molar-refractivity contribution in [1.82, 2.24) is 9.80 Å². The molecule has 1 heterocycles.